The summed E-state index contributed by atoms with van der Waals surface area (Å²) in [4.78, 5) is 11.0. The second kappa shape index (κ2) is 5.14. The molecule has 12 heavy (non-hydrogen) atoms. The number of carbonyl (C=O) groups is 1. The number of rotatable bonds is 3. The van der Waals surface area contributed by atoms with E-state index in [1.54, 1.807) is 0 Å². The Balaban J connectivity index is 2.26. The lowest BCUT2D eigenvalue weighted by atomic mass is 10.1. The van der Waals surface area contributed by atoms with Crippen LogP contribution in [-0.4, -0.2) is 23.8 Å². The largest absolute Gasteiger partial charge is 0.462 e. The Morgan fingerprint density at radius 2 is 2.33 bits per heavy atom. The number of esters is 1. The van der Waals surface area contributed by atoms with Crippen molar-refractivity contribution in [1.29, 1.82) is 0 Å². The first-order valence-electron chi connectivity index (χ1n) is 4.63. The fraction of sp³-hybridized carbons (Fsp3) is 0.889. The van der Waals surface area contributed by atoms with Gasteiger partial charge in [-0.2, -0.15) is 0 Å². The maximum Gasteiger partial charge on any atom is 0.306 e. The van der Waals surface area contributed by atoms with Crippen LogP contribution in [0.1, 0.15) is 38.5 Å². The molecule has 1 atom stereocenters. The molecular formula is C9H16O3. The molecule has 1 saturated heterocycles. The summed E-state index contributed by atoms with van der Waals surface area (Å²) in [7, 11) is 0. The lowest BCUT2D eigenvalue weighted by Gasteiger charge is -2.13. The van der Waals surface area contributed by atoms with Gasteiger partial charge in [0.05, 0.1) is 0 Å². The second-order valence-electron chi connectivity index (χ2n) is 3.22. The maximum atomic E-state index is 11.0. The van der Waals surface area contributed by atoms with Gasteiger partial charge in [-0.05, 0) is 32.1 Å². The Kier molecular flexibility index (Phi) is 4.08. The number of carbonyl (C=O) groups excluding carboxylic acids is 1. The number of hydrogen-bond acceptors (Lipinski definition) is 3. The minimum atomic E-state index is -0.0737. The van der Waals surface area contributed by atoms with Gasteiger partial charge in [0.25, 0.3) is 0 Å². The van der Waals surface area contributed by atoms with Crippen LogP contribution in [0.2, 0.25) is 0 Å². The first-order valence-corrected chi connectivity index (χ1v) is 4.63. The van der Waals surface area contributed by atoms with Gasteiger partial charge in [0, 0.05) is 13.0 Å². The van der Waals surface area contributed by atoms with Crippen molar-refractivity contribution in [2.45, 2.75) is 44.6 Å². The molecular weight excluding hydrogens is 156 g/mol. The quantitative estimate of drug-likeness (QED) is 0.651. The average molecular weight is 172 g/mol. The second-order valence-corrected chi connectivity index (χ2v) is 3.22. The van der Waals surface area contributed by atoms with E-state index in [9.17, 15) is 4.79 Å². The normalized spacial score (nSPS) is 24.8. The van der Waals surface area contributed by atoms with Crippen LogP contribution in [0.15, 0.2) is 0 Å². The molecule has 1 aliphatic rings. The molecule has 1 heterocycles. The Labute approximate surface area is 72.7 Å². The predicted octanol–water partition coefficient (Wildman–Crippen LogP) is 1.24. The van der Waals surface area contributed by atoms with E-state index in [4.69, 9.17) is 9.84 Å². The van der Waals surface area contributed by atoms with E-state index >= 15 is 0 Å². The molecule has 0 radical (unpaired) electrons. The van der Waals surface area contributed by atoms with Crippen molar-refractivity contribution < 1.29 is 14.6 Å². The van der Waals surface area contributed by atoms with Gasteiger partial charge in [0.15, 0.2) is 0 Å². The highest BCUT2D eigenvalue weighted by Gasteiger charge is 2.17. The summed E-state index contributed by atoms with van der Waals surface area (Å²) >= 11 is 0. The van der Waals surface area contributed by atoms with Gasteiger partial charge >= 0.3 is 5.97 Å². The zero-order valence-electron chi connectivity index (χ0n) is 7.29. The molecule has 3 heteroatoms. The molecule has 0 aromatic rings. The SMILES string of the molecule is O=C1CCCCC(CCCO)O1. The number of hydrogen-bond donors (Lipinski definition) is 1. The molecule has 0 bridgehead atoms. The number of cyclic esters (lactones) is 1. The van der Waals surface area contributed by atoms with Gasteiger partial charge in [-0.25, -0.2) is 0 Å². The summed E-state index contributed by atoms with van der Waals surface area (Å²) in [5.74, 6) is -0.0737. The third-order valence-electron chi connectivity index (χ3n) is 2.14. The molecule has 1 aliphatic heterocycles. The van der Waals surface area contributed by atoms with Gasteiger partial charge in [0.2, 0.25) is 0 Å². The van der Waals surface area contributed by atoms with E-state index in [2.05, 4.69) is 0 Å². The topological polar surface area (TPSA) is 46.5 Å². The highest BCUT2D eigenvalue weighted by molar-refractivity contribution is 5.69. The van der Waals surface area contributed by atoms with Gasteiger partial charge in [0.1, 0.15) is 6.10 Å². The minimum Gasteiger partial charge on any atom is -0.462 e. The van der Waals surface area contributed by atoms with Crippen LogP contribution in [0.5, 0.6) is 0 Å². The van der Waals surface area contributed by atoms with E-state index in [1.165, 1.54) is 0 Å². The Hall–Kier alpha value is -0.570. The Morgan fingerprint density at radius 1 is 1.50 bits per heavy atom. The monoisotopic (exact) mass is 172 g/mol. The van der Waals surface area contributed by atoms with E-state index in [1.807, 2.05) is 0 Å². The summed E-state index contributed by atoms with van der Waals surface area (Å²) in [6.07, 6.45) is 5.16. The third-order valence-corrected chi connectivity index (χ3v) is 2.14. The van der Waals surface area contributed by atoms with E-state index in [-0.39, 0.29) is 18.7 Å². The Bertz CT molecular complexity index is 145. The summed E-state index contributed by atoms with van der Waals surface area (Å²) in [6.45, 7) is 0.189. The molecule has 0 aromatic heterocycles. The van der Waals surface area contributed by atoms with Crippen LogP contribution in [0, 0.1) is 0 Å². The molecule has 0 saturated carbocycles. The van der Waals surface area contributed by atoms with Crippen LogP contribution in [0.25, 0.3) is 0 Å². The maximum absolute atomic E-state index is 11.0. The smallest absolute Gasteiger partial charge is 0.306 e. The summed E-state index contributed by atoms with van der Waals surface area (Å²) in [5.41, 5.74) is 0. The molecule has 0 amide bonds. The van der Waals surface area contributed by atoms with E-state index in [0.29, 0.717) is 6.42 Å². The van der Waals surface area contributed by atoms with Crippen molar-refractivity contribution in [3.05, 3.63) is 0 Å². The van der Waals surface area contributed by atoms with Crippen molar-refractivity contribution in [2.24, 2.45) is 0 Å². The summed E-state index contributed by atoms with van der Waals surface area (Å²) < 4.78 is 5.16. The molecule has 1 fully saturated rings. The van der Waals surface area contributed by atoms with Crippen molar-refractivity contribution in [3.8, 4) is 0 Å². The lowest BCUT2D eigenvalue weighted by Crippen LogP contribution is -2.15. The van der Waals surface area contributed by atoms with Crippen molar-refractivity contribution in [3.63, 3.8) is 0 Å². The first-order chi connectivity index (χ1) is 5.83. The molecule has 1 unspecified atom stereocenters. The predicted molar refractivity (Wildman–Crippen MR) is 44.7 cm³/mol. The van der Waals surface area contributed by atoms with Crippen LogP contribution >= 0.6 is 0 Å². The van der Waals surface area contributed by atoms with Crippen LogP contribution in [0.4, 0.5) is 0 Å². The Morgan fingerprint density at radius 3 is 3.08 bits per heavy atom. The van der Waals surface area contributed by atoms with E-state index < -0.39 is 0 Å². The van der Waals surface area contributed by atoms with Gasteiger partial charge in [-0.15, -0.1) is 0 Å². The lowest BCUT2D eigenvalue weighted by molar-refractivity contribution is -0.148. The molecule has 1 rings (SSSR count). The molecule has 0 aliphatic carbocycles. The number of aliphatic hydroxyl groups is 1. The van der Waals surface area contributed by atoms with Crippen LogP contribution < -0.4 is 0 Å². The van der Waals surface area contributed by atoms with Crippen molar-refractivity contribution >= 4 is 5.97 Å². The number of aliphatic hydroxyl groups excluding tert-OH is 1. The molecule has 0 aromatic carbocycles. The minimum absolute atomic E-state index is 0.0622. The zero-order chi connectivity index (χ0) is 8.81. The fourth-order valence-corrected chi connectivity index (χ4v) is 1.47. The van der Waals surface area contributed by atoms with Gasteiger partial charge in [-0.1, -0.05) is 0 Å². The molecule has 70 valence electrons. The third kappa shape index (κ3) is 3.22. The first kappa shape index (κ1) is 9.52. The van der Waals surface area contributed by atoms with Gasteiger partial charge < -0.3 is 9.84 Å². The summed E-state index contributed by atoms with van der Waals surface area (Å²) in [6, 6.07) is 0. The average Bonchev–Trinajstić information content (AvgIpc) is 2.26. The van der Waals surface area contributed by atoms with Crippen LogP contribution in [0.3, 0.4) is 0 Å². The molecule has 3 nitrogen and oxygen atoms in total. The fourth-order valence-electron chi connectivity index (χ4n) is 1.47. The number of ether oxygens (including phenoxy) is 1. The molecule has 1 N–H and O–H groups in total. The van der Waals surface area contributed by atoms with E-state index in [0.717, 1.165) is 32.1 Å². The summed E-state index contributed by atoms with van der Waals surface area (Å²) in [5, 5.41) is 8.59. The highest BCUT2D eigenvalue weighted by atomic mass is 16.5. The van der Waals surface area contributed by atoms with Crippen molar-refractivity contribution in [2.75, 3.05) is 6.61 Å². The van der Waals surface area contributed by atoms with Gasteiger partial charge in [-0.3, -0.25) is 4.79 Å². The zero-order valence-corrected chi connectivity index (χ0v) is 7.29. The van der Waals surface area contributed by atoms with Crippen LogP contribution in [-0.2, 0) is 9.53 Å². The standard InChI is InChI=1S/C9H16O3/c10-7-3-5-8-4-1-2-6-9(11)12-8/h8,10H,1-7H2. The highest BCUT2D eigenvalue weighted by Crippen LogP contribution is 2.17. The molecule has 0 spiro atoms. The van der Waals surface area contributed by atoms with Crippen molar-refractivity contribution in [1.82, 2.24) is 0 Å².